The van der Waals surface area contributed by atoms with E-state index in [4.69, 9.17) is 9.63 Å². The van der Waals surface area contributed by atoms with Crippen LogP contribution >= 0.6 is 7.37 Å². The van der Waals surface area contributed by atoms with Crippen LogP contribution < -0.4 is 0 Å². The van der Waals surface area contributed by atoms with E-state index in [1.165, 1.54) is 0 Å². The van der Waals surface area contributed by atoms with Crippen molar-refractivity contribution in [2.75, 3.05) is 12.8 Å². The zero-order chi connectivity index (χ0) is 9.90. The predicted molar refractivity (Wildman–Crippen MR) is 53.1 cm³/mol. The number of hydrogen-bond acceptors (Lipinski definition) is 3. The van der Waals surface area contributed by atoms with Crippen LogP contribution in [0.4, 0.5) is 0 Å². The van der Waals surface area contributed by atoms with Crippen LogP contribution in [0.5, 0.6) is 0 Å². The van der Waals surface area contributed by atoms with Gasteiger partial charge in [-0.15, -0.1) is 0 Å². The number of hydrogen-bond donors (Lipinski definition) is 1. The van der Waals surface area contributed by atoms with Gasteiger partial charge in [0.15, 0.2) is 0 Å². The van der Waals surface area contributed by atoms with Gasteiger partial charge < -0.3 is 9.63 Å². The molecule has 0 aromatic heterocycles. The van der Waals surface area contributed by atoms with Gasteiger partial charge in [0, 0.05) is 6.16 Å². The Morgan fingerprint density at radius 3 is 2.85 bits per heavy atom. The highest BCUT2D eigenvalue weighted by Gasteiger charge is 2.28. The van der Waals surface area contributed by atoms with E-state index in [1.54, 1.807) is 5.82 Å². The van der Waals surface area contributed by atoms with E-state index in [0.717, 1.165) is 12.0 Å². The Hall–Kier alpha value is -0.110. The van der Waals surface area contributed by atoms with E-state index in [9.17, 15) is 4.57 Å². The van der Waals surface area contributed by atoms with Gasteiger partial charge in [0.2, 0.25) is 7.37 Å². The van der Waals surface area contributed by atoms with Crippen LogP contribution in [-0.2, 0) is 9.09 Å². The van der Waals surface area contributed by atoms with Crippen molar-refractivity contribution in [2.24, 2.45) is 0 Å². The van der Waals surface area contributed by atoms with Gasteiger partial charge in [0.25, 0.3) is 0 Å². The third kappa shape index (κ3) is 2.94. The molecule has 1 heterocycles. The summed E-state index contributed by atoms with van der Waals surface area (Å²) in [5.41, 5.74) is 1.14. The van der Waals surface area contributed by atoms with Crippen molar-refractivity contribution in [1.82, 2.24) is 0 Å². The molecule has 3 nitrogen and oxygen atoms in total. The molecule has 1 rings (SSSR count). The zero-order valence-electron chi connectivity index (χ0n) is 8.19. The summed E-state index contributed by atoms with van der Waals surface area (Å²) in [4.78, 5) is 0. The largest absolute Gasteiger partial charge is 0.394 e. The lowest BCUT2D eigenvalue weighted by molar-refractivity contribution is 0.117. The Balaban J connectivity index is 2.58. The summed E-state index contributed by atoms with van der Waals surface area (Å²) in [7, 11) is -2.54. The van der Waals surface area contributed by atoms with Crippen LogP contribution in [0.15, 0.2) is 11.4 Å². The SMILES string of the molecule is CCC(CO)OP1(=O)C=C(C)CC1. The van der Waals surface area contributed by atoms with Crippen LogP contribution in [0.25, 0.3) is 0 Å². The van der Waals surface area contributed by atoms with E-state index >= 15 is 0 Å². The minimum Gasteiger partial charge on any atom is -0.394 e. The van der Waals surface area contributed by atoms with Crippen molar-refractivity contribution in [3.8, 4) is 0 Å². The fourth-order valence-corrected chi connectivity index (χ4v) is 3.85. The van der Waals surface area contributed by atoms with Gasteiger partial charge >= 0.3 is 0 Å². The van der Waals surface area contributed by atoms with Crippen molar-refractivity contribution in [3.63, 3.8) is 0 Å². The summed E-state index contributed by atoms with van der Waals surface area (Å²) in [6, 6.07) is 0. The topological polar surface area (TPSA) is 46.5 Å². The highest BCUT2D eigenvalue weighted by molar-refractivity contribution is 7.62. The molecule has 1 aliphatic heterocycles. The molecule has 0 spiro atoms. The van der Waals surface area contributed by atoms with Crippen LogP contribution in [0, 0.1) is 0 Å². The van der Waals surface area contributed by atoms with Gasteiger partial charge in [-0.25, -0.2) is 0 Å². The number of rotatable bonds is 4. The summed E-state index contributed by atoms with van der Waals surface area (Å²) < 4.78 is 17.3. The molecule has 0 radical (unpaired) electrons. The third-order valence-electron chi connectivity index (χ3n) is 2.22. The van der Waals surface area contributed by atoms with Gasteiger partial charge in [0.05, 0.1) is 12.7 Å². The first-order valence-corrected chi connectivity index (χ1v) is 6.54. The number of aliphatic hydroxyl groups excluding tert-OH is 1. The monoisotopic (exact) mass is 204 g/mol. The van der Waals surface area contributed by atoms with Gasteiger partial charge in [-0.1, -0.05) is 12.5 Å². The van der Waals surface area contributed by atoms with Crippen LogP contribution in [0.1, 0.15) is 26.7 Å². The summed E-state index contributed by atoms with van der Waals surface area (Å²) in [5.74, 6) is 1.74. The molecule has 0 amide bonds. The first-order chi connectivity index (χ1) is 6.09. The van der Waals surface area contributed by atoms with Gasteiger partial charge in [-0.2, -0.15) is 0 Å². The first kappa shape index (κ1) is 11.0. The van der Waals surface area contributed by atoms with Gasteiger partial charge in [0.1, 0.15) is 0 Å². The molecule has 76 valence electrons. The molecule has 0 aromatic carbocycles. The highest BCUT2D eigenvalue weighted by atomic mass is 31.2. The molecule has 0 fully saturated rings. The number of allylic oxidation sites excluding steroid dienone is 1. The summed E-state index contributed by atoms with van der Waals surface area (Å²) >= 11 is 0. The third-order valence-corrected chi connectivity index (χ3v) is 4.56. The molecule has 2 unspecified atom stereocenters. The molecular weight excluding hydrogens is 187 g/mol. The Morgan fingerprint density at radius 1 is 1.77 bits per heavy atom. The maximum atomic E-state index is 11.9. The van der Waals surface area contributed by atoms with Crippen LogP contribution in [0.3, 0.4) is 0 Å². The lowest BCUT2D eigenvalue weighted by Gasteiger charge is -2.17. The standard InChI is InChI=1S/C9H17O3P/c1-3-9(6-10)12-13(11)5-4-8(2)7-13/h7,9-10H,3-6H2,1-2H3. The highest BCUT2D eigenvalue weighted by Crippen LogP contribution is 2.56. The average Bonchev–Trinajstić information content (AvgIpc) is 2.43. The maximum Gasteiger partial charge on any atom is 0.225 e. The second-order valence-electron chi connectivity index (χ2n) is 3.49. The van der Waals surface area contributed by atoms with E-state index in [-0.39, 0.29) is 12.7 Å². The van der Waals surface area contributed by atoms with Crippen molar-refractivity contribution < 1.29 is 14.2 Å². The molecule has 4 heteroatoms. The van der Waals surface area contributed by atoms with Gasteiger partial charge in [-0.05, 0) is 25.6 Å². The fourth-order valence-electron chi connectivity index (χ4n) is 1.37. The van der Waals surface area contributed by atoms with Crippen molar-refractivity contribution in [1.29, 1.82) is 0 Å². The molecule has 0 saturated carbocycles. The van der Waals surface area contributed by atoms with E-state index in [1.807, 2.05) is 13.8 Å². The second-order valence-corrected chi connectivity index (χ2v) is 5.86. The molecule has 1 aliphatic rings. The quantitative estimate of drug-likeness (QED) is 0.715. The minimum atomic E-state index is -2.54. The van der Waals surface area contributed by atoms with Crippen LogP contribution in [-0.4, -0.2) is 24.0 Å². The smallest absolute Gasteiger partial charge is 0.225 e. The molecule has 1 N–H and O–H groups in total. The van der Waals surface area contributed by atoms with Crippen molar-refractivity contribution in [3.05, 3.63) is 11.4 Å². The van der Waals surface area contributed by atoms with E-state index in [0.29, 0.717) is 12.6 Å². The summed E-state index contributed by atoms with van der Waals surface area (Å²) in [6.45, 7) is 3.83. The molecule has 0 bridgehead atoms. The molecule has 0 aromatic rings. The lowest BCUT2D eigenvalue weighted by Crippen LogP contribution is -2.14. The van der Waals surface area contributed by atoms with E-state index in [2.05, 4.69) is 0 Å². The molecule has 13 heavy (non-hydrogen) atoms. The molecule has 0 saturated heterocycles. The normalized spacial score (nSPS) is 30.2. The lowest BCUT2D eigenvalue weighted by atomic mass is 10.3. The molecule has 2 atom stereocenters. The minimum absolute atomic E-state index is 0.0482. The second kappa shape index (κ2) is 4.41. The first-order valence-electron chi connectivity index (χ1n) is 4.66. The maximum absolute atomic E-state index is 11.9. The Morgan fingerprint density at radius 2 is 2.46 bits per heavy atom. The van der Waals surface area contributed by atoms with Gasteiger partial charge in [-0.3, -0.25) is 4.57 Å². The predicted octanol–water partition coefficient (Wildman–Crippen LogP) is 2.36. The van der Waals surface area contributed by atoms with E-state index < -0.39 is 7.37 Å². The fraction of sp³-hybridized carbons (Fsp3) is 0.778. The molecule has 0 aliphatic carbocycles. The average molecular weight is 204 g/mol. The number of aliphatic hydroxyl groups is 1. The Bertz CT molecular complexity index is 243. The van der Waals surface area contributed by atoms with Crippen molar-refractivity contribution in [2.45, 2.75) is 32.8 Å². The zero-order valence-corrected chi connectivity index (χ0v) is 9.09. The van der Waals surface area contributed by atoms with Crippen LogP contribution in [0.2, 0.25) is 0 Å². The Kier molecular flexibility index (Phi) is 3.72. The summed E-state index contributed by atoms with van der Waals surface area (Å²) in [6.07, 6.45) is 1.90. The molecular formula is C9H17O3P. The Labute approximate surface area is 79.2 Å². The summed E-state index contributed by atoms with van der Waals surface area (Å²) in [5, 5.41) is 8.90. The van der Waals surface area contributed by atoms with Crippen molar-refractivity contribution >= 4 is 7.37 Å².